The molecule has 0 bridgehead atoms. The average Bonchev–Trinajstić information content (AvgIpc) is 2.54. The highest BCUT2D eigenvalue weighted by molar-refractivity contribution is 7.89. The predicted molar refractivity (Wildman–Crippen MR) is 84.3 cm³/mol. The molecule has 0 atom stereocenters. The fraction of sp³-hybridized carbons (Fsp3) is 0.167. The van der Waals surface area contributed by atoms with Crippen LogP contribution in [0.4, 0.5) is 0 Å². The Hall–Kier alpha value is -2.28. The molecular weight excluding hydrogens is 360 g/mol. The Balaban J connectivity index is 0.000000240. The van der Waals surface area contributed by atoms with Crippen LogP contribution in [0.15, 0.2) is 46.5 Å². The summed E-state index contributed by atoms with van der Waals surface area (Å²) in [7, 11) is -4.40. The molecule has 0 fully saturated rings. The number of sulfonamides is 2. The van der Waals surface area contributed by atoms with E-state index in [0.717, 1.165) is 12.4 Å². The predicted octanol–water partition coefficient (Wildman–Crippen LogP) is -0.525. The highest BCUT2D eigenvalue weighted by Crippen LogP contribution is 2.10. The first-order chi connectivity index (χ1) is 11.1. The number of methoxy groups -OCH3 is 2. The summed E-state index contributed by atoms with van der Waals surface area (Å²) in [6.45, 7) is 0. The first kappa shape index (κ1) is 19.8. The third-order valence-electron chi connectivity index (χ3n) is 2.49. The molecule has 0 amide bonds. The molecule has 0 aliphatic carbocycles. The third kappa shape index (κ3) is 6.08. The van der Waals surface area contributed by atoms with Crippen molar-refractivity contribution in [3.8, 4) is 11.8 Å². The summed E-state index contributed by atoms with van der Waals surface area (Å²) in [6, 6.07) is 5.53. The largest absolute Gasteiger partial charge is 0.481 e. The smallest absolute Gasteiger partial charge is 0.239 e. The van der Waals surface area contributed by atoms with Crippen molar-refractivity contribution in [3.05, 3.63) is 36.7 Å². The Labute approximate surface area is 139 Å². The summed E-state index contributed by atoms with van der Waals surface area (Å²) in [5, 5.41) is 9.68. The minimum absolute atomic E-state index is 0.0247. The van der Waals surface area contributed by atoms with Gasteiger partial charge in [-0.1, -0.05) is 0 Å². The van der Waals surface area contributed by atoms with Crippen LogP contribution in [0, 0.1) is 0 Å². The number of ether oxygens (including phenoxy) is 2. The van der Waals surface area contributed by atoms with Crippen LogP contribution in [0.5, 0.6) is 11.8 Å². The summed E-state index contributed by atoms with van der Waals surface area (Å²) in [4.78, 5) is 7.32. The minimum atomic E-state index is -3.65. The molecule has 2 aromatic heterocycles. The molecule has 10 nitrogen and oxygen atoms in total. The van der Waals surface area contributed by atoms with Gasteiger partial charge in [0.1, 0.15) is 9.79 Å². The van der Waals surface area contributed by atoms with E-state index >= 15 is 0 Å². The van der Waals surface area contributed by atoms with E-state index in [1.807, 2.05) is 0 Å². The zero-order valence-electron chi connectivity index (χ0n) is 12.8. The number of hydrogen-bond acceptors (Lipinski definition) is 8. The van der Waals surface area contributed by atoms with Crippen LogP contribution in [-0.2, 0) is 20.0 Å². The maximum atomic E-state index is 10.7. The summed E-state index contributed by atoms with van der Waals surface area (Å²) in [5.74, 6) is 0.699. The maximum Gasteiger partial charge on any atom is 0.239 e. The van der Waals surface area contributed by atoms with Crippen molar-refractivity contribution in [3.63, 3.8) is 0 Å². The van der Waals surface area contributed by atoms with Gasteiger partial charge in [-0.15, -0.1) is 0 Å². The lowest BCUT2D eigenvalue weighted by Gasteiger charge is -1.99. The Morgan fingerprint density at radius 2 is 1.08 bits per heavy atom. The van der Waals surface area contributed by atoms with Crippen molar-refractivity contribution in [2.45, 2.75) is 9.79 Å². The fourth-order valence-electron chi connectivity index (χ4n) is 1.31. The van der Waals surface area contributed by atoms with Gasteiger partial charge in [0.05, 0.1) is 26.6 Å². The molecule has 12 heteroatoms. The van der Waals surface area contributed by atoms with Crippen LogP contribution in [0.1, 0.15) is 0 Å². The molecule has 2 aromatic rings. The topological polar surface area (TPSA) is 165 Å². The van der Waals surface area contributed by atoms with Gasteiger partial charge < -0.3 is 9.47 Å². The van der Waals surface area contributed by atoms with Crippen molar-refractivity contribution in [2.75, 3.05) is 14.2 Å². The standard InChI is InChI=1S/2C6H8N2O3S/c2*1-11-6-3-2-5(4-8-6)12(7,9)10/h2*2-4H,1H3,(H2,7,9,10). The van der Waals surface area contributed by atoms with Crippen molar-refractivity contribution in [1.29, 1.82) is 0 Å². The summed E-state index contributed by atoms with van der Waals surface area (Å²) in [6.07, 6.45) is 2.29. The second-order valence-corrected chi connectivity index (χ2v) is 7.29. The van der Waals surface area contributed by atoms with E-state index in [0.29, 0.717) is 11.8 Å². The molecule has 2 heterocycles. The Bertz CT molecular complexity index is 789. The van der Waals surface area contributed by atoms with E-state index in [1.54, 1.807) is 0 Å². The van der Waals surface area contributed by atoms with Crippen LogP contribution in [0.2, 0.25) is 0 Å². The van der Waals surface area contributed by atoms with Crippen LogP contribution in [-0.4, -0.2) is 41.0 Å². The van der Waals surface area contributed by atoms with Crippen LogP contribution < -0.4 is 19.8 Å². The van der Waals surface area contributed by atoms with Gasteiger partial charge in [-0.05, 0) is 12.1 Å². The zero-order chi connectivity index (χ0) is 18.4. The lowest BCUT2D eigenvalue weighted by atomic mass is 10.5. The number of pyridine rings is 2. The second kappa shape index (κ2) is 8.01. The number of nitrogens with two attached hydrogens (primary N) is 2. The Morgan fingerprint density at radius 1 is 0.750 bits per heavy atom. The van der Waals surface area contributed by atoms with Gasteiger partial charge in [-0.2, -0.15) is 0 Å². The molecule has 0 radical (unpaired) electrons. The van der Waals surface area contributed by atoms with Crippen LogP contribution >= 0.6 is 0 Å². The van der Waals surface area contributed by atoms with E-state index in [2.05, 4.69) is 9.97 Å². The molecule has 24 heavy (non-hydrogen) atoms. The van der Waals surface area contributed by atoms with Gasteiger partial charge in [-0.25, -0.2) is 37.1 Å². The lowest BCUT2D eigenvalue weighted by molar-refractivity contribution is 0.397. The number of nitrogens with zero attached hydrogens (tertiary/aromatic N) is 2. The van der Waals surface area contributed by atoms with Gasteiger partial charge in [0.25, 0.3) is 0 Å². The molecule has 0 saturated heterocycles. The van der Waals surface area contributed by atoms with E-state index in [4.69, 9.17) is 19.8 Å². The quantitative estimate of drug-likeness (QED) is 0.719. The first-order valence-electron chi connectivity index (χ1n) is 6.13. The van der Waals surface area contributed by atoms with E-state index in [1.165, 1.54) is 38.5 Å². The van der Waals surface area contributed by atoms with E-state index < -0.39 is 20.0 Å². The molecule has 4 N–H and O–H groups in total. The molecule has 2 rings (SSSR count). The van der Waals surface area contributed by atoms with E-state index in [9.17, 15) is 16.8 Å². The van der Waals surface area contributed by atoms with Crippen molar-refractivity contribution in [1.82, 2.24) is 9.97 Å². The van der Waals surface area contributed by atoms with Crippen LogP contribution in [0.25, 0.3) is 0 Å². The normalized spacial score (nSPS) is 11.2. The van der Waals surface area contributed by atoms with Crippen molar-refractivity contribution < 1.29 is 26.3 Å². The molecule has 0 aliphatic heterocycles. The van der Waals surface area contributed by atoms with Gasteiger partial charge in [-0.3, -0.25) is 0 Å². The maximum absolute atomic E-state index is 10.7. The molecule has 0 aliphatic rings. The molecule has 0 unspecified atom stereocenters. The van der Waals surface area contributed by atoms with Gasteiger partial charge in [0.15, 0.2) is 0 Å². The fourth-order valence-corrected chi connectivity index (χ4v) is 2.23. The Morgan fingerprint density at radius 3 is 1.25 bits per heavy atom. The zero-order valence-corrected chi connectivity index (χ0v) is 14.4. The summed E-state index contributed by atoms with van der Waals surface area (Å²) >= 11 is 0. The van der Waals surface area contributed by atoms with Crippen molar-refractivity contribution in [2.24, 2.45) is 10.3 Å². The number of aromatic nitrogens is 2. The minimum Gasteiger partial charge on any atom is -0.481 e. The van der Waals surface area contributed by atoms with E-state index in [-0.39, 0.29) is 9.79 Å². The molecule has 0 spiro atoms. The molecule has 0 saturated carbocycles. The lowest BCUT2D eigenvalue weighted by Crippen LogP contribution is -2.12. The monoisotopic (exact) mass is 376 g/mol. The molecule has 132 valence electrons. The highest BCUT2D eigenvalue weighted by atomic mass is 32.2. The number of primary sulfonamides is 2. The number of hydrogen-bond donors (Lipinski definition) is 2. The summed E-state index contributed by atoms with van der Waals surface area (Å²) in [5.41, 5.74) is 0. The Kier molecular flexibility index (Phi) is 6.60. The van der Waals surface area contributed by atoms with Crippen LogP contribution in [0.3, 0.4) is 0 Å². The third-order valence-corrected chi connectivity index (χ3v) is 4.29. The first-order valence-corrected chi connectivity index (χ1v) is 9.23. The molecule has 0 aromatic carbocycles. The highest BCUT2D eigenvalue weighted by Gasteiger charge is 2.07. The average molecular weight is 376 g/mol. The van der Waals surface area contributed by atoms with Gasteiger partial charge in [0, 0.05) is 12.1 Å². The van der Waals surface area contributed by atoms with Gasteiger partial charge in [0.2, 0.25) is 31.8 Å². The second-order valence-electron chi connectivity index (χ2n) is 4.16. The number of rotatable bonds is 4. The van der Waals surface area contributed by atoms with Gasteiger partial charge >= 0.3 is 0 Å². The van der Waals surface area contributed by atoms with Crippen molar-refractivity contribution >= 4 is 20.0 Å². The summed E-state index contributed by atoms with van der Waals surface area (Å²) < 4.78 is 52.4. The SMILES string of the molecule is COc1ccc(S(N)(=O)=O)cn1.COc1ccc(S(N)(=O)=O)cn1. The molecular formula is C12H16N4O6S2.